The number of methoxy groups -OCH3 is 2. The van der Waals surface area contributed by atoms with E-state index < -0.39 is 5.69 Å². The van der Waals surface area contributed by atoms with Crippen molar-refractivity contribution >= 4 is 11.6 Å². The van der Waals surface area contributed by atoms with Crippen molar-refractivity contribution < 1.29 is 14.3 Å². The van der Waals surface area contributed by atoms with Crippen molar-refractivity contribution in [3.8, 4) is 22.8 Å². The maximum absolute atomic E-state index is 13.4. The van der Waals surface area contributed by atoms with Gasteiger partial charge in [0.25, 0.3) is 0 Å². The van der Waals surface area contributed by atoms with E-state index in [-0.39, 0.29) is 5.91 Å². The van der Waals surface area contributed by atoms with Gasteiger partial charge in [0.1, 0.15) is 5.49 Å². The molecule has 2 aromatic carbocycles. The van der Waals surface area contributed by atoms with Gasteiger partial charge < -0.3 is 9.47 Å². The molecule has 0 fully saturated rings. The summed E-state index contributed by atoms with van der Waals surface area (Å²) in [4.78, 5) is 30.6. The smallest absolute Gasteiger partial charge is 0.337 e. The van der Waals surface area contributed by atoms with Gasteiger partial charge in [-0.15, -0.1) is 0 Å². The van der Waals surface area contributed by atoms with Crippen molar-refractivity contribution in [2.75, 3.05) is 14.2 Å². The molecule has 1 aromatic heterocycles. The normalized spacial score (nSPS) is 12.9. The summed E-state index contributed by atoms with van der Waals surface area (Å²) in [7, 11) is 3.18. The highest BCUT2D eigenvalue weighted by Gasteiger charge is 2.23. The number of nitrogens with zero attached hydrogens (tertiary/aromatic N) is 3. The molecular weight excluding hydrogens is 406 g/mol. The summed E-state index contributed by atoms with van der Waals surface area (Å²) < 4.78 is 13.7. The highest BCUT2D eigenvalue weighted by Crippen LogP contribution is 2.37. The Balaban J connectivity index is 2.06. The Labute approximate surface area is 186 Å². The number of hydrogen-bond donors (Lipinski definition) is 0. The zero-order valence-electron chi connectivity index (χ0n) is 19.3. The van der Waals surface area contributed by atoms with Crippen molar-refractivity contribution in [2.45, 2.75) is 40.7 Å². The van der Waals surface area contributed by atoms with Crippen LogP contribution in [0.5, 0.6) is 11.5 Å². The summed E-state index contributed by atoms with van der Waals surface area (Å²) in [5.74, 6) is 0.858. The second-order valence-electron chi connectivity index (χ2n) is 8.15. The average molecular weight is 434 g/mol. The molecule has 0 atom stereocenters. The number of hydrogen-bond acceptors (Lipinski definition) is 5. The Hall–Kier alpha value is -3.61. The Morgan fingerprint density at radius 1 is 0.969 bits per heavy atom. The van der Waals surface area contributed by atoms with Crippen LogP contribution in [0.4, 0.5) is 5.69 Å². The molecule has 1 aliphatic rings. The first kappa shape index (κ1) is 21.6. The summed E-state index contributed by atoms with van der Waals surface area (Å²) in [5, 5.41) is 0. The summed E-state index contributed by atoms with van der Waals surface area (Å²) in [6.45, 7) is 7.84. The molecule has 0 saturated heterocycles. The second-order valence-corrected chi connectivity index (χ2v) is 8.15. The zero-order chi connectivity index (χ0) is 23.2. The van der Waals surface area contributed by atoms with Gasteiger partial charge in [0.15, 0.2) is 11.5 Å². The first-order chi connectivity index (χ1) is 15.2. The first-order valence-corrected chi connectivity index (χ1v) is 10.5. The van der Waals surface area contributed by atoms with Crippen molar-refractivity contribution in [2.24, 2.45) is 4.99 Å². The molecule has 0 N–H and O–H groups in total. The van der Waals surface area contributed by atoms with Crippen LogP contribution < -0.4 is 20.7 Å². The van der Waals surface area contributed by atoms with Crippen LogP contribution in [0.25, 0.3) is 11.3 Å². The fourth-order valence-electron chi connectivity index (χ4n) is 4.47. The van der Waals surface area contributed by atoms with Crippen LogP contribution >= 0.6 is 0 Å². The molecule has 0 bridgehead atoms. The lowest BCUT2D eigenvalue weighted by Gasteiger charge is -2.24. The standard InChI is InChI=1S/C25H27N3O4/c1-14-9-15(2)24(16(3)10-14)26-23-13-20-19-12-22(32-6)21(31-5)11-18(19)7-8-27(20)25(30)28(23)17(4)29/h9-13H,7-8H2,1-6H3/b26-23-. The fourth-order valence-corrected chi connectivity index (χ4v) is 4.47. The van der Waals surface area contributed by atoms with E-state index >= 15 is 0 Å². The highest BCUT2D eigenvalue weighted by molar-refractivity contribution is 5.77. The molecule has 1 aliphatic heterocycles. The van der Waals surface area contributed by atoms with E-state index in [0.29, 0.717) is 35.6 Å². The molecule has 4 rings (SSSR count). The van der Waals surface area contributed by atoms with Crippen molar-refractivity contribution in [1.82, 2.24) is 9.13 Å². The van der Waals surface area contributed by atoms with Gasteiger partial charge >= 0.3 is 5.69 Å². The third-order valence-corrected chi connectivity index (χ3v) is 5.87. The van der Waals surface area contributed by atoms with Crippen LogP contribution in [-0.4, -0.2) is 29.3 Å². The quantitative estimate of drug-likeness (QED) is 0.631. The Morgan fingerprint density at radius 2 is 1.59 bits per heavy atom. The van der Waals surface area contributed by atoms with Crippen LogP contribution in [0.1, 0.15) is 34.0 Å². The van der Waals surface area contributed by atoms with Gasteiger partial charge in [-0.05, 0) is 56.0 Å². The third-order valence-electron chi connectivity index (χ3n) is 5.87. The average Bonchev–Trinajstić information content (AvgIpc) is 2.74. The molecule has 166 valence electrons. The third kappa shape index (κ3) is 3.53. The fraction of sp³-hybridized carbons (Fsp3) is 0.320. The molecule has 0 unspecified atom stereocenters. The summed E-state index contributed by atoms with van der Waals surface area (Å²) >= 11 is 0. The molecule has 32 heavy (non-hydrogen) atoms. The molecule has 0 spiro atoms. The topological polar surface area (TPSA) is 74.8 Å². The van der Waals surface area contributed by atoms with Crippen molar-refractivity contribution in [3.63, 3.8) is 0 Å². The summed E-state index contributed by atoms with van der Waals surface area (Å²) in [6, 6.07) is 9.72. The first-order valence-electron chi connectivity index (χ1n) is 10.5. The zero-order valence-corrected chi connectivity index (χ0v) is 19.3. The van der Waals surface area contributed by atoms with E-state index in [1.807, 2.05) is 51.1 Å². The van der Waals surface area contributed by atoms with Crippen LogP contribution in [0.3, 0.4) is 0 Å². The SMILES string of the molecule is COc1cc2c(cc1OC)-c1c/c(=N/c3c(C)cc(C)cc3C)n(C(C)=O)c(=O)n1CC2. The minimum absolute atomic E-state index is 0.312. The van der Waals surface area contributed by atoms with Crippen molar-refractivity contribution in [3.05, 3.63) is 68.6 Å². The molecule has 0 saturated carbocycles. The van der Waals surface area contributed by atoms with Crippen LogP contribution in [0.15, 0.2) is 40.1 Å². The molecule has 0 aliphatic carbocycles. The Bertz CT molecular complexity index is 1360. The minimum atomic E-state index is -0.392. The molecule has 2 heterocycles. The van der Waals surface area contributed by atoms with Crippen LogP contribution in [0.2, 0.25) is 0 Å². The number of aromatic nitrogens is 2. The van der Waals surface area contributed by atoms with E-state index in [2.05, 4.69) is 0 Å². The van der Waals surface area contributed by atoms with Gasteiger partial charge in [0, 0.05) is 25.1 Å². The van der Waals surface area contributed by atoms with Gasteiger partial charge in [0.2, 0.25) is 5.91 Å². The molecule has 0 amide bonds. The van der Waals surface area contributed by atoms with Gasteiger partial charge in [-0.2, -0.15) is 0 Å². The van der Waals surface area contributed by atoms with E-state index in [1.165, 1.54) is 6.92 Å². The highest BCUT2D eigenvalue weighted by atomic mass is 16.5. The van der Waals surface area contributed by atoms with Crippen LogP contribution in [0, 0.1) is 20.8 Å². The van der Waals surface area contributed by atoms with Gasteiger partial charge in [-0.1, -0.05) is 17.7 Å². The Kier molecular flexibility index (Phi) is 5.50. The summed E-state index contributed by atoms with van der Waals surface area (Å²) in [5.41, 5.74) is 6.42. The number of rotatable bonds is 3. The second kappa shape index (κ2) is 8.15. The van der Waals surface area contributed by atoms with Gasteiger partial charge in [-0.25, -0.2) is 14.4 Å². The largest absolute Gasteiger partial charge is 0.493 e. The number of aryl methyl sites for hydroxylation is 4. The minimum Gasteiger partial charge on any atom is -0.493 e. The lowest BCUT2D eigenvalue weighted by atomic mass is 9.97. The van der Waals surface area contributed by atoms with Gasteiger partial charge in [-0.3, -0.25) is 9.36 Å². The molecule has 7 heteroatoms. The maximum Gasteiger partial charge on any atom is 0.337 e. The maximum atomic E-state index is 13.4. The van der Waals surface area contributed by atoms with Crippen molar-refractivity contribution in [1.29, 1.82) is 0 Å². The predicted octanol–water partition coefficient (Wildman–Crippen LogP) is 3.71. The lowest BCUT2D eigenvalue weighted by Crippen LogP contribution is -2.44. The molecule has 3 aromatic rings. The van der Waals surface area contributed by atoms with E-state index in [9.17, 15) is 9.59 Å². The Morgan fingerprint density at radius 3 is 2.19 bits per heavy atom. The lowest BCUT2D eigenvalue weighted by molar-refractivity contribution is 0.0924. The molecular formula is C25H27N3O4. The number of benzene rings is 2. The van der Waals surface area contributed by atoms with E-state index in [0.717, 1.165) is 38.1 Å². The number of fused-ring (bicyclic) bond motifs is 3. The monoisotopic (exact) mass is 433 g/mol. The molecule has 0 radical (unpaired) electrons. The predicted molar refractivity (Wildman–Crippen MR) is 123 cm³/mol. The number of carbonyl (C=O) groups is 1. The van der Waals surface area contributed by atoms with E-state index in [1.54, 1.807) is 18.8 Å². The van der Waals surface area contributed by atoms with Crippen LogP contribution in [-0.2, 0) is 13.0 Å². The number of carbonyl (C=O) groups excluding carboxylic acids is 1. The van der Waals surface area contributed by atoms with E-state index in [4.69, 9.17) is 14.5 Å². The summed E-state index contributed by atoms with van der Waals surface area (Å²) in [6.07, 6.45) is 0.646. The van der Waals surface area contributed by atoms with Gasteiger partial charge in [0.05, 0.1) is 25.6 Å². The number of ether oxygens (including phenoxy) is 2. The molecule has 7 nitrogen and oxygen atoms in total.